The molecule has 0 bridgehead atoms. The summed E-state index contributed by atoms with van der Waals surface area (Å²) >= 11 is 0. The molecule has 0 amide bonds. The molecule has 0 radical (unpaired) electrons. The Labute approximate surface area is 784 Å². The molecule has 19 aromatic carbocycles. The largest absolute Gasteiger partial charge is 0.494 e. The normalized spacial score (nSPS) is 12.1. The van der Waals surface area contributed by atoms with Gasteiger partial charge in [-0.2, -0.15) is 0 Å². The monoisotopic (exact) mass is 1750 g/mol. The van der Waals surface area contributed by atoms with E-state index in [0.29, 0.717) is 52.9 Å². The highest BCUT2D eigenvalue weighted by Crippen LogP contribution is 2.69. The summed E-state index contributed by atoms with van der Waals surface area (Å²) < 4.78 is 51.6. The van der Waals surface area contributed by atoms with Crippen molar-refractivity contribution in [3.63, 3.8) is 0 Å². The Morgan fingerprint density at radius 1 is 0.134 bits per heavy atom. The number of ether oxygens (including phenoxy) is 8. The van der Waals surface area contributed by atoms with Crippen molar-refractivity contribution in [2.75, 3.05) is 52.9 Å². The van der Waals surface area contributed by atoms with Crippen LogP contribution in [0.15, 0.2) is 303 Å². The average molecular weight is 1750 g/mol. The zero-order valence-corrected chi connectivity index (χ0v) is 77.4. The molecule has 658 valence electrons. The predicted molar refractivity (Wildman–Crippen MR) is 559 cm³/mol. The third kappa shape index (κ3) is 13.7. The third-order valence-corrected chi connectivity index (χ3v) is 27.6. The van der Waals surface area contributed by atoms with Crippen molar-refractivity contribution >= 4 is 64.6 Å². The fourth-order valence-electron chi connectivity index (χ4n) is 22.1. The topological polar surface area (TPSA) is 73.8 Å². The second-order valence-electron chi connectivity index (χ2n) is 36.2. The number of hydrogen-bond donors (Lipinski definition) is 0. The highest BCUT2D eigenvalue weighted by molar-refractivity contribution is 6.39. The van der Waals surface area contributed by atoms with Gasteiger partial charge < -0.3 is 37.9 Å². The van der Waals surface area contributed by atoms with E-state index >= 15 is 0 Å². The van der Waals surface area contributed by atoms with E-state index in [0.717, 1.165) is 186 Å². The summed E-state index contributed by atoms with van der Waals surface area (Å²) in [5.41, 5.74) is 37.6. The molecule has 8 nitrogen and oxygen atoms in total. The number of benzene rings is 19. The van der Waals surface area contributed by atoms with Gasteiger partial charge in [0.2, 0.25) is 0 Å². The van der Waals surface area contributed by atoms with Gasteiger partial charge in [0.05, 0.1) is 52.9 Å². The van der Waals surface area contributed by atoms with E-state index in [4.69, 9.17) is 37.9 Å². The van der Waals surface area contributed by atoms with Gasteiger partial charge in [-0.05, 0) is 403 Å². The molecule has 23 rings (SSSR count). The standard InChI is InChI=1S/C126H106O8/c1-9-65-127-83-41-25-75(26-42-83)107-91-21-17-18-22-92(91)108(76-27-43-84(44-28-76)128-66-10-2)120-96-58-62-100-117-99(61-57-95(115(96)117)119(107)120)123-111(79-33-49-87(50-34-79)131-69-13-5)103-73-105-106(74-104(103)112(124(100)123)80-35-51-88(52-36-80)132-70-14-6)114(82-39-55-90(56-40-82)134-72-16-8)126-102-64-60-98-116-97(59-63-101(118(102)116)125(126)113(105)81-37-53-89(54-38-81)133-71-15-7)121-109(77-29-45-85(46-30-77)129-67-11-3)93-23-19-20-24-94(93)110(122(98)121)78-31-47-86(48-32-78)130-68-12-4/h17-64,73-74H,9-16,65-72H2,1-8H3. The van der Waals surface area contributed by atoms with E-state index in [1.165, 1.54) is 154 Å². The summed E-state index contributed by atoms with van der Waals surface area (Å²) in [7, 11) is 0. The summed E-state index contributed by atoms with van der Waals surface area (Å²) in [6, 6.07) is 115. The summed E-state index contributed by atoms with van der Waals surface area (Å²) in [5, 5.41) is 14.2. The van der Waals surface area contributed by atoms with Gasteiger partial charge in [0, 0.05) is 0 Å². The van der Waals surface area contributed by atoms with Crippen LogP contribution in [-0.2, 0) is 0 Å². The van der Waals surface area contributed by atoms with Crippen molar-refractivity contribution < 1.29 is 37.9 Å². The fraction of sp³-hybridized carbons (Fsp3) is 0.190. The summed E-state index contributed by atoms with van der Waals surface area (Å²) in [5.74, 6) is 6.80. The van der Waals surface area contributed by atoms with Crippen LogP contribution in [0.25, 0.3) is 243 Å². The second-order valence-corrected chi connectivity index (χ2v) is 36.2. The first-order chi connectivity index (χ1) is 66.2. The fourth-order valence-corrected chi connectivity index (χ4v) is 22.1. The molecule has 0 fully saturated rings. The van der Waals surface area contributed by atoms with E-state index in [9.17, 15) is 0 Å². The van der Waals surface area contributed by atoms with Crippen LogP contribution < -0.4 is 37.9 Å². The van der Waals surface area contributed by atoms with Crippen LogP contribution in [0.1, 0.15) is 107 Å². The van der Waals surface area contributed by atoms with Crippen LogP contribution >= 0.6 is 0 Å². The summed E-state index contributed by atoms with van der Waals surface area (Å²) in [6.45, 7) is 22.4. The van der Waals surface area contributed by atoms with Crippen LogP contribution in [0, 0.1) is 0 Å². The third-order valence-electron chi connectivity index (χ3n) is 27.6. The van der Waals surface area contributed by atoms with Crippen molar-refractivity contribution in [3.05, 3.63) is 303 Å². The summed E-state index contributed by atoms with van der Waals surface area (Å²) in [4.78, 5) is 0. The van der Waals surface area contributed by atoms with E-state index < -0.39 is 0 Å². The minimum atomic E-state index is 0.608. The Balaban J connectivity index is 0.851. The highest BCUT2D eigenvalue weighted by atomic mass is 16.5. The van der Waals surface area contributed by atoms with Gasteiger partial charge in [0.1, 0.15) is 46.0 Å². The van der Waals surface area contributed by atoms with E-state index in [2.05, 4.69) is 359 Å². The molecule has 0 saturated carbocycles. The Bertz CT molecular complexity index is 6950. The number of rotatable bonds is 32. The van der Waals surface area contributed by atoms with Gasteiger partial charge in [0.15, 0.2) is 0 Å². The first-order valence-electron chi connectivity index (χ1n) is 48.6. The van der Waals surface area contributed by atoms with E-state index in [1.54, 1.807) is 0 Å². The maximum atomic E-state index is 6.57. The van der Waals surface area contributed by atoms with Crippen LogP contribution in [0.5, 0.6) is 46.0 Å². The number of fused-ring (bicyclic) bond motifs is 16. The molecule has 0 aliphatic heterocycles. The quantitative estimate of drug-likeness (QED) is 0.0386. The lowest BCUT2D eigenvalue weighted by Gasteiger charge is -2.25. The maximum Gasteiger partial charge on any atom is 0.119 e. The first kappa shape index (κ1) is 83.5. The van der Waals surface area contributed by atoms with E-state index in [1.807, 2.05) is 0 Å². The Kier molecular flexibility index (Phi) is 21.8. The lowest BCUT2D eigenvalue weighted by Crippen LogP contribution is -1.99. The molecule has 4 aliphatic rings. The lowest BCUT2D eigenvalue weighted by molar-refractivity contribution is 0.317. The molecule has 0 unspecified atom stereocenters. The van der Waals surface area contributed by atoms with Gasteiger partial charge in [-0.25, -0.2) is 0 Å². The molecule has 0 N–H and O–H groups in total. The summed E-state index contributed by atoms with van der Waals surface area (Å²) in [6.07, 6.45) is 7.24. The zero-order chi connectivity index (χ0) is 90.3. The average Bonchev–Trinajstić information content (AvgIpc) is 1.51. The highest BCUT2D eigenvalue weighted by Gasteiger charge is 2.42. The van der Waals surface area contributed by atoms with Crippen molar-refractivity contribution in [1.29, 1.82) is 0 Å². The SMILES string of the molecule is CCCOc1ccc(-c2c3c(c(-c4ccc(OCCC)cc4)c4ccccc24)-c2ccc4c5c(ccc-3c25)-c2c-4c(-c3ccc(OCCC)cc3)c3cc4c(-c5ccc(OCCC)cc5)c5c(c(-c6ccc(OCCC)cc6)c4cc3c2-c2ccc(OCCC)cc2)-c2ccc3c4c(ccc-5c24)-c2c-3c(-c3ccc(OCCC)cc3)c3ccccc3c2-c2ccc(OCCC)cc2)cc1. The zero-order valence-electron chi connectivity index (χ0n) is 77.4. The number of hydrogen-bond acceptors (Lipinski definition) is 8. The minimum Gasteiger partial charge on any atom is -0.494 e. The molecule has 0 atom stereocenters. The van der Waals surface area contributed by atoms with Gasteiger partial charge in [-0.15, -0.1) is 0 Å². The maximum absolute atomic E-state index is 6.57. The molecule has 0 spiro atoms. The van der Waals surface area contributed by atoms with Crippen molar-refractivity contribution in [1.82, 2.24) is 0 Å². The van der Waals surface area contributed by atoms with Crippen LogP contribution in [-0.4, -0.2) is 52.9 Å². The van der Waals surface area contributed by atoms with Crippen molar-refractivity contribution in [3.8, 4) is 224 Å². The van der Waals surface area contributed by atoms with Crippen molar-refractivity contribution in [2.24, 2.45) is 0 Å². The molecule has 4 aliphatic carbocycles. The van der Waals surface area contributed by atoms with Crippen molar-refractivity contribution in [2.45, 2.75) is 107 Å². The Hall–Kier alpha value is -14.9. The lowest BCUT2D eigenvalue weighted by atomic mass is 9.78. The van der Waals surface area contributed by atoms with Gasteiger partial charge >= 0.3 is 0 Å². The van der Waals surface area contributed by atoms with Crippen LogP contribution in [0.3, 0.4) is 0 Å². The van der Waals surface area contributed by atoms with Crippen LogP contribution in [0.2, 0.25) is 0 Å². The molecule has 8 heteroatoms. The smallest absolute Gasteiger partial charge is 0.119 e. The van der Waals surface area contributed by atoms with E-state index in [-0.39, 0.29) is 0 Å². The van der Waals surface area contributed by atoms with Gasteiger partial charge in [0.25, 0.3) is 0 Å². The molecular formula is C126H106O8. The molecule has 19 aromatic rings. The Morgan fingerprint density at radius 2 is 0.261 bits per heavy atom. The van der Waals surface area contributed by atoms with Crippen LogP contribution in [0.4, 0.5) is 0 Å². The minimum absolute atomic E-state index is 0.608. The Morgan fingerprint density at radius 3 is 0.388 bits per heavy atom. The first-order valence-corrected chi connectivity index (χ1v) is 48.6. The molecule has 0 heterocycles. The predicted octanol–water partition coefficient (Wildman–Crippen LogP) is 34.8. The molecular weight excluding hydrogens is 1640 g/mol. The molecule has 0 aromatic heterocycles. The molecule has 0 saturated heterocycles. The van der Waals surface area contributed by atoms with Gasteiger partial charge in [-0.3, -0.25) is 0 Å². The molecule has 134 heavy (non-hydrogen) atoms. The second kappa shape index (κ2) is 35.0. The van der Waals surface area contributed by atoms with Gasteiger partial charge in [-0.1, -0.05) is 250 Å².